The van der Waals surface area contributed by atoms with Gasteiger partial charge in [-0.2, -0.15) is 0 Å². The molecule has 0 aromatic rings. The van der Waals surface area contributed by atoms with Crippen molar-refractivity contribution in [2.24, 2.45) is 0 Å². The van der Waals surface area contributed by atoms with Crippen molar-refractivity contribution < 1.29 is 9.90 Å². The minimum atomic E-state index is -0.674. The quantitative estimate of drug-likeness (QED) is 0.440. The van der Waals surface area contributed by atoms with Crippen molar-refractivity contribution in [3.63, 3.8) is 0 Å². The molecule has 1 rings (SSSR count). The molecule has 0 fully saturated rings. The van der Waals surface area contributed by atoms with Crippen molar-refractivity contribution in [2.75, 3.05) is 0 Å². The van der Waals surface area contributed by atoms with E-state index in [0.717, 1.165) is 0 Å². The Labute approximate surface area is 47.0 Å². The molecule has 8 heavy (non-hydrogen) atoms. The van der Waals surface area contributed by atoms with Gasteiger partial charge in [0.2, 0.25) is 5.91 Å². The zero-order valence-electron chi connectivity index (χ0n) is 4.29. The van der Waals surface area contributed by atoms with Gasteiger partial charge in [-0.1, -0.05) is 6.08 Å². The van der Waals surface area contributed by atoms with E-state index in [0.29, 0.717) is 6.42 Å². The first kappa shape index (κ1) is 5.31. The van der Waals surface area contributed by atoms with Crippen LogP contribution >= 0.6 is 0 Å². The molecule has 3 nitrogen and oxygen atoms in total. The summed E-state index contributed by atoms with van der Waals surface area (Å²) in [6.45, 7) is 0. The van der Waals surface area contributed by atoms with Gasteiger partial charge in [0.05, 0.1) is 0 Å². The number of nitrogens with one attached hydrogen (secondary N) is 1. The molecule has 1 aliphatic heterocycles. The molecule has 3 heteroatoms. The molecule has 0 aromatic carbocycles. The zero-order valence-corrected chi connectivity index (χ0v) is 4.29. The molecule has 1 atom stereocenters. The maximum Gasteiger partial charge on any atom is 0.245 e. The van der Waals surface area contributed by atoms with E-state index in [1.165, 1.54) is 6.08 Å². The third-order valence-corrected chi connectivity index (χ3v) is 0.937. The Morgan fingerprint density at radius 3 is 3.00 bits per heavy atom. The number of amides is 1. The summed E-state index contributed by atoms with van der Waals surface area (Å²) in [6.07, 6.45) is 2.90. The predicted octanol–water partition coefficient (Wildman–Crippen LogP) is -0.619. The fourth-order valence-electron chi connectivity index (χ4n) is 0.575. The summed E-state index contributed by atoms with van der Waals surface area (Å²) in [7, 11) is 0. The van der Waals surface area contributed by atoms with Crippen LogP contribution in [0, 0.1) is 0 Å². The van der Waals surface area contributed by atoms with Crippen molar-refractivity contribution >= 4 is 5.91 Å². The van der Waals surface area contributed by atoms with Crippen LogP contribution < -0.4 is 5.32 Å². The third-order valence-electron chi connectivity index (χ3n) is 0.937. The van der Waals surface area contributed by atoms with Gasteiger partial charge in [0, 0.05) is 6.42 Å². The molecule has 0 radical (unpaired) electrons. The van der Waals surface area contributed by atoms with E-state index in [1.54, 1.807) is 6.08 Å². The van der Waals surface area contributed by atoms with E-state index in [-0.39, 0.29) is 5.91 Å². The normalized spacial score (nSPS) is 27.6. The monoisotopic (exact) mass is 113 g/mol. The molecule has 0 saturated carbocycles. The van der Waals surface area contributed by atoms with Gasteiger partial charge in [-0.3, -0.25) is 4.79 Å². The lowest BCUT2D eigenvalue weighted by Crippen LogP contribution is -2.35. The molecule has 44 valence electrons. The van der Waals surface area contributed by atoms with Crippen LogP contribution in [0.25, 0.3) is 0 Å². The van der Waals surface area contributed by atoms with Crippen LogP contribution in [-0.4, -0.2) is 17.2 Å². The fourth-order valence-corrected chi connectivity index (χ4v) is 0.575. The van der Waals surface area contributed by atoms with Crippen LogP contribution in [0.4, 0.5) is 0 Å². The van der Waals surface area contributed by atoms with Crippen LogP contribution in [0.15, 0.2) is 12.2 Å². The second kappa shape index (κ2) is 1.96. The van der Waals surface area contributed by atoms with E-state index in [1.807, 2.05) is 0 Å². The summed E-state index contributed by atoms with van der Waals surface area (Å²) in [5, 5.41) is 11.0. The van der Waals surface area contributed by atoms with Gasteiger partial charge in [0.15, 0.2) is 0 Å². The van der Waals surface area contributed by atoms with Gasteiger partial charge in [0.25, 0.3) is 0 Å². The van der Waals surface area contributed by atoms with Crippen molar-refractivity contribution in [1.29, 1.82) is 0 Å². The highest BCUT2D eigenvalue weighted by atomic mass is 16.3. The lowest BCUT2D eigenvalue weighted by Gasteiger charge is -2.11. The van der Waals surface area contributed by atoms with E-state index in [2.05, 4.69) is 5.32 Å². The Kier molecular flexibility index (Phi) is 1.30. The second-order valence-corrected chi connectivity index (χ2v) is 1.66. The summed E-state index contributed by atoms with van der Waals surface area (Å²) < 4.78 is 0. The maximum atomic E-state index is 10.3. The summed E-state index contributed by atoms with van der Waals surface area (Å²) in [4.78, 5) is 10.3. The molecule has 0 saturated heterocycles. The van der Waals surface area contributed by atoms with Crippen LogP contribution in [0.3, 0.4) is 0 Å². The average molecular weight is 113 g/mol. The van der Waals surface area contributed by atoms with Crippen molar-refractivity contribution in [3.05, 3.63) is 12.2 Å². The average Bonchev–Trinajstić information content (AvgIpc) is 1.64. The van der Waals surface area contributed by atoms with E-state index in [4.69, 9.17) is 5.11 Å². The van der Waals surface area contributed by atoms with Crippen molar-refractivity contribution in [3.8, 4) is 0 Å². The minimum absolute atomic E-state index is 0.219. The molecule has 1 unspecified atom stereocenters. The van der Waals surface area contributed by atoms with Gasteiger partial charge in [-0.05, 0) is 6.08 Å². The summed E-state index contributed by atoms with van der Waals surface area (Å²) in [5.41, 5.74) is 0. The number of hydrogen-bond acceptors (Lipinski definition) is 2. The SMILES string of the molecule is O=C1C=CCC(O)N1. The zero-order chi connectivity index (χ0) is 5.98. The molecule has 0 bridgehead atoms. The molecule has 0 aliphatic carbocycles. The molecular formula is C5H7NO2. The van der Waals surface area contributed by atoms with E-state index < -0.39 is 6.23 Å². The van der Waals surface area contributed by atoms with Crippen LogP contribution in [0.5, 0.6) is 0 Å². The maximum absolute atomic E-state index is 10.3. The Hall–Kier alpha value is -0.830. The first-order chi connectivity index (χ1) is 3.79. The summed E-state index contributed by atoms with van der Waals surface area (Å²) in [6, 6.07) is 0. The lowest BCUT2D eigenvalue weighted by molar-refractivity contribution is -0.119. The molecule has 1 heterocycles. The summed E-state index contributed by atoms with van der Waals surface area (Å²) >= 11 is 0. The van der Waals surface area contributed by atoms with Crippen molar-refractivity contribution in [1.82, 2.24) is 5.32 Å². The van der Waals surface area contributed by atoms with E-state index in [9.17, 15) is 4.79 Å². The second-order valence-electron chi connectivity index (χ2n) is 1.66. The molecule has 0 spiro atoms. The van der Waals surface area contributed by atoms with Gasteiger partial charge >= 0.3 is 0 Å². The first-order valence-electron chi connectivity index (χ1n) is 2.44. The number of aliphatic hydroxyl groups is 1. The first-order valence-corrected chi connectivity index (χ1v) is 2.44. The van der Waals surface area contributed by atoms with Gasteiger partial charge in [-0.15, -0.1) is 0 Å². The Morgan fingerprint density at radius 1 is 1.88 bits per heavy atom. The molecule has 1 amide bonds. The highest BCUT2D eigenvalue weighted by Gasteiger charge is 2.07. The van der Waals surface area contributed by atoms with E-state index >= 15 is 0 Å². The standard InChI is InChI=1S/C5H7NO2/c7-4-2-1-3-5(8)6-4/h1-2,5,8H,3H2,(H,6,7). The lowest BCUT2D eigenvalue weighted by atomic mass is 10.2. The third kappa shape index (κ3) is 1.07. The fraction of sp³-hybridized carbons (Fsp3) is 0.400. The highest BCUT2D eigenvalue weighted by molar-refractivity contribution is 5.88. The highest BCUT2D eigenvalue weighted by Crippen LogP contribution is 1.94. The number of rotatable bonds is 0. The molecule has 0 aromatic heterocycles. The molecule has 2 N–H and O–H groups in total. The largest absolute Gasteiger partial charge is 0.373 e. The van der Waals surface area contributed by atoms with Gasteiger partial charge in [-0.25, -0.2) is 0 Å². The Balaban J connectivity index is 2.54. The Bertz CT molecular complexity index is 130. The van der Waals surface area contributed by atoms with Crippen LogP contribution in [0.1, 0.15) is 6.42 Å². The van der Waals surface area contributed by atoms with Crippen molar-refractivity contribution in [2.45, 2.75) is 12.6 Å². The smallest absolute Gasteiger partial charge is 0.245 e. The van der Waals surface area contributed by atoms with Crippen LogP contribution in [0.2, 0.25) is 0 Å². The minimum Gasteiger partial charge on any atom is -0.373 e. The number of hydrogen-bond donors (Lipinski definition) is 2. The van der Waals surface area contributed by atoms with Crippen LogP contribution in [-0.2, 0) is 4.79 Å². The predicted molar refractivity (Wildman–Crippen MR) is 27.9 cm³/mol. The number of carbonyl (C=O) groups is 1. The topological polar surface area (TPSA) is 49.3 Å². The molecular weight excluding hydrogens is 106 g/mol. The molecule has 1 aliphatic rings. The van der Waals surface area contributed by atoms with Gasteiger partial charge in [0.1, 0.15) is 6.23 Å². The number of carbonyl (C=O) groups excluding carboxylic acids is 1. The summed E-state index contributed by atoms with van der Waals surface area (Å²) in [5.74, 6) is -0.219. The number of aliphatic hydroxyl groups excluding tert-OH is 1. The van der Waals surface area contributed by atoms with Gasteiger partial charge < -0.3 is 10.4 Å². The Morgan fingerprint density at radius 2 is 2.62 bits per heavy atom.